The molecule has 1 aromatic carbocycles. The van der Waals surface area contributed by atoms with E-state index in [1.165, 1.54) is 0 Å². The summed E-state index contributed by atoms with van der Waals surface area (Å²) in [5.74, 6) is -0.345. The summed E-state index contributed by atoms with van der Waals surface area (Å²) in [5.41, 5.74) is 6.80. The molecule has 0 aromatic heterocycles. The normalized spacial score (nSPS) is 9.55. The van der Waals surface area contributed by atoms with Gasteiger partial charge in [0.2, 0.25) is 5.91 Å². The summed E-state index contributed by atoms with van der Waals surface area (Å²) in [7, 11) is 0. The van der Waals surface area contributed by atoms with Crippen molar-refractivity contribution in [3.05, 3.63) is 35.4 Å². The maximum atomic E-state index is 10.8. The summed E-state index contributed by atoms with van der Waals surface area (Å²) in [6, 6.07) is 7.39. The molecule has 0 aliphatic rings. The molecule has 0 heterocycles. The highest BCUT2D eigenvalue weighted by atomic mass is 16.1. The Balaban J connectivity index is 3.12. The zero-order valence-electron chi connectivity index (χ0n) is 6.50. The van der Waals surface area contributed by atoms with Gasteiger partial charge in [-0.2, -0.15) is 0 Å². The van der Waals surface area contributed by atoms with Gasteiger partial charge in [-0.05, 0) is 18.1 Å². The van der Waals surface area contributed by atoms with Gasteiger partial charge in [-0.15, -0.1) is 0 Å². The molecule has 0 aliphatic heterocycles. The van der Waals surface area contributed by atoms with Crippen LogP contribution in [0.3, 0.4) is 0 Å². The molecule has 2 nitrogen and oxygen atoms in total. The summed E-state index contributed by atoms with van der Waals surface area (Å²) in [6.45, 7) is 2.00. The minimum atomic E-state index is -0.345. The van der Waals surface area contributed by atoms with Gasteiger partial charge in [0.1, 0.15) is 0 Å². The van der Waals surface area contributed by atoms with Crippen molar-refractivity contribution in [2.24, 2.45) is 5.73 Å². The number of carbonyl (C=O) groups excluding carboxylic acids is 1. The van der Waals surface area contributed by atoms with Crippen LogP contribution in [0.25, 0.3) is 0 Å². The fourth-order valence-corrected chi connectivity index (χ4v) is 1.07. The number of amides is 1. The van der Waals surface area contributed by atoms with E-state index in [0.29, 0.717) is 5.56 Å². The van der Waals surface area contributed by atoms with Crippen molar-refractivity contribution in [3.8, 4) is 0 Å². The maximum Gasteiger partial charge on any atom is 0.248 e. The lowest BCUT2D eigenvalue weighted by Gasteiger charge is -2.01. The fourth-order valence-electron chi connectivity index (χ4n) is 1.07. The molecule has 11 heavy (non-hydrogen) atoms. The van der Waals surface area contributed by atoms with E-state index >= 15 is 0 Å². The standard InChI is InChI=1S/C9H11NO/c1-2-7-5-3-4-6-8(7)9(10)11/h3-6H,2H2,1H3,(H2,10,11). The Morgan fingerprint density at radius 1 is 1.45 bits per heavy atom. The van der Waals surface area contributed by atoms with Gasteiger partial charge in [0.15, 0.2) is 0 Å². The average Bonchev–Trinajstić information content (AvgIpc) is 2.04. The quantitative estimate of drug-likeness (QED) is 0.677. The summed E-state index contributed by atoms with van der Waals surface area (Å²) in [4.78, 5) is 10.8. The first-order valence-corrected chi connectivity index (χ1v) is 3.63. The highest BCUT2D eigenvalue weighted by Gasteiger charge is 2.03. The molecule has 0 saturated carbocycles. The van der Waals surface area contributed by atoms with Crippen LogP contribution in [0.2, 0.25) is 0 Å². The Labute approximate surface area is 66.0 Å². The summed E-state index contributed by atoms with van der Waals surface area (Å²) >= 11 is 0. The zero-order valence-corrected chi connectivity index (χ0v) is 6.50. The van der Waals surface area contributed by atoms with Crippen LogP contribution in [0.15, 0.2) is 24.3 Å². The van der Waals surface area contributed by atoms with Crippen molar-refractivity contribution in [2.75, 3.05) is 0 Å². The molecule has 0 spiro atoms. The second-order valence-electron chi connectivity index (χ2n) is 2.37. The van der Waals surface area contributed by atoms with Gasteiger partial charge in [0.25, 0.3) is 0 Å². The van der Waals surface area contributed by atoms with E-state index in [1.807, 2.05) is 25.1 Å². The van der Waals surface area contributed by atoms with E-state index in [9.17, 15) is 4.79 Å². The SMILES string of the molecule is CCc1ccccc1C(N)=O. The molecule has 0 aliphatic carbocycles. The molecule has 1 amide bonds. The van der Waals surface area contributed by atoms with Gasteiger partial charge in [0, 0.05) is 5.56 Å². The molecule has 1 rings (SSSR count). The van der Waals surface area contributed by atoms with Crippen molar-refractivity contribution in [1.82, 2.24) is 0 Å². The highest BCUT2D eigenvalue weighted by molar-refractivity contribution is 5.94. The van der Waals surface area contributed by atoms with Gasteiger partial charge in [-0.25, -0.2) is 0 Å². The highest BCUT2D eigenvalue weighted by Crippen LogP contribution is 2.07. The van der Waals surface area contributed by atoms with Crippen LogP contribution in [0.5, 0.6) is 0 Å². The van der Waals surface area contributed by atoms with E-state index in [2.05, 4.69) is 0 Å². The minimum absolute atomic E-state index is 0.345. The third kappa shape index (κ3) is 1.58. The van der Waals surface area contributed by atoms with Crippen molar-refractivity contribution in [1.29, 1.82) is 0 Å². The van der Waals surface area contributed by atoms with E-state index < -0.39 is 0 Å². The predicted molar refractivity (Wildman–Crippen MR) is 44.3 cm³/mol. The van der Waals surface area contributed by atoms with Crippen molar-refractivity contribution < 1.29 is 4.79 Å². The molecule has 0 atom stereocenters. The molecular weight excluding hydrogens is 138 g/mol. The van der Waals surface area contributed by atoms with E-state index in [4.69, 9.17) is 5.73 Å². The van der Waals surface area contributed by atoms with Crippen LogP contribution in [0.1, 0.15) is 22.8 Å². The van der Waals surface area contributed by atoms with Crippen LogP contribution in [0.4, 0.5) is 0 Å². The smallest absolute Gasteiger partial charge is 0.248 e. The van der Waals surface area contributed by atoms with E-state index in [0.717, 1.165) is 12.0 Å². The molecule has 0 saturated heterocycles. The van der Waals surface area contributed by atoms with Crippen LogP contribution in [-0.4, -0.2) is 5.91 Å². The van der Waals surface area contributed by atoms with Gasteiger partial charge < -0.3 is 5.73 Å². The molecule has 2 N–H and O–H groups in total. The molecule has 0 bridgehead atoms. The Hall–Kier alpha value is -1.31. The zero-order chi connectivity index (χ0) is 8.27. The van der Waals surface area contributed by atoms with Gasteiger partial charge in [-0.3, -0.25) is 4.79 Å². The Bertz CT molecular complexity index is 268. The molecule has 58 valence electrons. The lowest BCUT2D eigenvalue weighted by molar-refractivity contribution is 0.0999. The average molecular weight is 149 g/mol. The van der Waals surface area contributed by atoms with Crippen LogP contribution in [0, 0.1) is 0 Å². The first-order chi connectivity index (χ1) is 5.25. The largest absolute Gasteiger partial charge is 0.366 e. The second-order valence-corrected chi connectivity index (χ2v) is 2.37. The van der Waals surface area contributed by atoms with Crippen LogP contribution in [-0.2, 0) is 6.42 Å². The fraction of sp³-hybridized carbons (Fsp3) is 0.222. The molecule has 0 fully saturated rings. The molecule has 1 aromatic rings. The lowest BCUT2D eigenvalue weighted by Crippen LogP contribution is -2.13. The van der Waals surface area contributed by atoms with Gasteiger partial charge >= 0.3 is 0 Å². The minimum Gasteiger partial charge on any atom is -0.366 e. The topological polar surface area (TPSA) is 43.1 Å². The van der Waals surface area contributed by atoms with Crippen molar-refractivity contribution >= 4 is 5.91 Å². The second kappa shape index (κ2) is 3.19. The summed E-state index contributed by atoms with van der Waals surface area (Å²) < 4.78 is 0. The number of nitrogens with two attached hydrogens (primary N) is 1. The number of carbonyl (C=O) groups is 1. The summed E-state index contributed by atoms with van der Waals surface area (Å²) in [5, 5.41) is 0. The third-order valence-corrected chi connectivity index (χ3v) is 1.66. The third-order valence-electron chi connectivity index (χ3n) is 1.66. The number of primary amides is 1. The number of aryl methyl sites for hydroxylation is 1. The van der Waals surface area contributed by atoms with Crippen LogP contribution >= 0.6 is 0 Å². The number of hydrogen-bond donors (Lipinski definition) is 1. The van der Waals surface area contributed by atoms with Crippen molar-refractivity contribution in [2.45, 2.75) is 13.3 Å². The molecule has 0 radical (unpaired) electrons. The van der Waals surface area contributed by atoms with E-state index in [-0.39, 0.29) is 5.91 Å². The Morgan fingerprint density at radius 3 is 2.55 bits per heavy atom. The maximum absolute atomic E-state index is 10.8. The van der Waals surface area contributed by atoms with Gasteiger partial charge in [0.05, 0.1) is 0 Å². The van der Waals surface area contributed by atoms with Crippen LogP contribution < -0.4 is 5.73 Å². The number of hydrogen-bond acceptors (Lipinski definition) is 1. The lowest BCUT2D eigenvalue weighted by atomic mass is 10.1. The first kappa shape index (κ1) is 7.79. The number of benzene rings is 1. The Morgan fingerprint density at radius 2 is 2.09 bits per heavy atom. The summed E-state index contributed by atoms with van der Waals surface area (Å²) in [6.07, 6.45) is 0.846. The Kier molecular flexibility index (Phi) is 2.26. The molecular formula is C9H11NO. The predicted octanol–water partition coefficient (Wildman–Crippen LogP) is 1.35. The van der Waals surface area contributed by atoms with E-state index in [1.54, 1.807) is 6.07 Å². The number of rotatable bonds is 2. The first-order valence-electron chi connectivity index (χ1n) is 3.63. The van der Waals surface area contributed by atoms with Crippen molar-refractivity contribution in [3.63, 3.8) is 0 Å². The molecule has 0 unspecified atom stereocenters. The van der Waals surface area contributed by atoms with Gasteiger partial charge in [-0.1, -0.05) is 25.1 Å². The molecule has 2 heteroatoms. The monoisotopic (exact) mass is 149 g/mol.